The zero-order valence-corrected chi connectivity index (χ0v) is 11.3. The summed E-state index contributed by atoms with van der Waals surface area (Å²) in [4.78, 5) is 11.6. The van der Waals surface area contributed by atoms with Crippen LogP contribution in [0.5, 0.6) is 0 Å². The molecule has 1 heterocycles. The van der Waals surface area contributed by atoms with Crippen LogP contribution in [0, 0.1) is 10.5 Å². The van der Waals surface area contributed by atoms with Gasteiger partial charge < -0.3 is 9.26 Å². The summed E-state index contributed by atoms with van der Waals surface area (Å²) in [5.41, 5.74) is 1.33. The Balaban J connectivity index is 2.00. The minimum absolute atomic E-state index is 0.104. The van der Waals surface area contributed by atoms with Crippen molar-refractivity contribution >= 4 is 28.6 Å². The van der Waals surface area contributed by atoms with Gasteiger partial charge in [0.1, 0.15) is 0 Å². The van der Waals surface area contributed by atoms with Crippen molar-refractivity contribution in [1.29, 1.82) is 0 Å². The monoisotopic (exact) mass is 343 g/mol. The van der Waals surface area contributed by atoms with Crippen molar-refractivity contribution in [3.8, 4) is 0 Å². The molecule has 1 aromatic heterocycles. The zero-order valence-electron chi connectivity index (χ0n) is 9.14. The number of benzene rings is 1. The summed E-state index contributed by atoms with van der Waals surface area (Å²) >= 11 is 2.11. The third-order valence-electron chi connectivity index (χ3n) is 2.20. The van der Waals surface area contributed by atoms with Crippen LogP contribution in [-0.2, 0) is 11.3 Å². The topological polar surface area (TPSA) is 52.3 Å². The fourth-order valence-electron chi connectivity index (χ4n) is 1.28. The van der Waals surface area contributed by atoms with Crippen LogP contribution in [0.4, 0.5) is 0 Å². The Morgan fingerprint density at radius 3 is 2.71 bits per heavy atom. The molecule has 0 unspecified atom stereocenters. The van der Waals surface area contributed by atoms with Gasteiger partial charge in [0.25, 0.3) is 0 Å². The molecule has 1 aromatic carbocycles. The lowest BCUT2D eigenvalue weighted by Crippen LogP contribution is -2.05. The van der Waals surface area contributed by atoms with E-state index in [1.165, 1.54) is 0 Å². The second-order valence-electron chi connectivity index (χ2n) is 3.45. The Morgan fingerprint density at radius 1 is 1.41 bits per heavy atom. The van der Waals surface area contributed by atoms with E-state index >= 15 is 0 Å². The van der Waals surface area contributed by atoms with Crippen molar-refractivity contribution < 1.29 is 14.1 Å². The van der Waals surface area contributed by atoms with Crippen LogP contribution >= 0.6 is 22.6 Å². The van der Waals surface area contributed by atoms with Crippen molar-refractivity contribution in [3.05, 3.63) is 50.9 Å². The fourth-order valence-corrected chi connectivity index (χ4v) is 1.64. The van der Waals surface area contributed by atoms with Gasteiger partial charge in [0, 0.05) is 0 Å². The molecule has 17 heavy (non-hydrogen) atoms. The maximum atomic E-state index is 11.6. The lowest BCUT2D eigenvalue weighted by molar-refractivity contribution is 0.0436. The highest BCUT2D eigenvalue weighted by Crippen LogP contribution is 2.17. The van der Waals surface area contributed by atoms with Crippen molar-refractivity contribution in [2.45, 2.75) is 13.5 Å². The standard InChI is InChI=1S/C12H10INO3/c1-8-11(13)10(17-14-8)7-16-12(15)9-5-3-2-4-6-9/h2-6H,7H2,1H3. The highest BCUT2D eigenvalue weighted by molar-refractivity contribution is 14.1. The average Bonchev–Trinajstić information content (AvgIpc) is 2.68. The van der Waals surface area contributed by atoms with E-state index in [4.69, 9.17) is 9.26 Å². The van der Waals surface area contributed by atoms with E-state index in [1.807, 2.05) is 13.0 Å². The van der Waals surface area contributed by atoms with Gasteiger partial charge in [-0.05, 0) is 41.6 Å². The summed E-state index contributed by atoms with van der Waals surface area (Å²) in [5, 5.41) is 3.79. The summed E-state index contributed by atoms with van der Waals surface area (Å²) in [6.45, 7) is 1.95. The Morgan fingerprint density at radius 2 is 2.12 bits per heavy atom. The van der Waals surface area contributed by atoms with E-state index in [2.05, 4.69) is 27.7 Å². The van der Waals surface area contributed by atoms with Gasteiger partial charge in [-0.15, -0.1) is 0 Å². The summed E-state index contributed by atoms with van der Waals surface area (Å²) in [7, 11) is 0. The summed E-state index contributed by atoms with van der Waals surface area (Å²) < 4.78 is 11.1. The van der Waals surface area contributed by atoms with E-state index in [-0.39, 0.29) is 12.6 Å². The SMILES string of the molecule is Cc1noc(COC(=O)c2ccccc2)c1I. The molecule has 2 rings (SSSR count). The molecular weight excluding hydrogens is 333 g/mol. The number of aryl methyl sites for hydroxylation is 1. The fraction of sp³-hybridized carbons (Fsp3) is 0.167. The molecule has 0 aliphatic carbocycles. The third kappa shape index (κ3) is 2.85. The average molecular weight is 343 g/mol. The van der Waals surface area contributed by atoms with Crippen molar-refractivity contribution in [2.75, 3.05) is 0 Å². The van der Waals surface area contributed by atoms with Crippen LogP contribution in [-0.4, -0.2) is 11.1 Å². The van der Waals surface area contributed by atoms with Gasteiger partial charge in [0.2, 0.25) is 0 Å². The van der Waals surface area contributed by atoms with E-state index in [0.29, 0.717) is 11.3 Å². The van der Waals surface area contributed by atoms with Gasteiger partial charge in [0.15, 0.2) is 12.4 Å². The first-order valence-corrected chi connectivity index (χ1v) is 6.09. The zero-order chi connectivity index (χ0) is 12.3. The van der Waals surface area contributed by atoms with Gasteiger partial charge in [0.05, 0.1) is 14.8 Å². The summed E-state index contributed by atoms with van der Waals surface area (Å²) in [6, 6.07) is 8.84. The number of esters is 1. The largest absolute Gasteiger partial charge is 0.454 e. The molecular formula is C12H10INO3. The molecule has 0 N–H and O–H groups in total. The minimum Gasteiger partial charge on any atom is -0.454 e. The lowest BCUT2D eigenvalue weighted by atomic mass is 10.2. The molecule has 0 aliphatic heterocycles. The number of nitrogens with zero attached hydrogens (tertiary/aromatic N) is 1. The number of rotatable bonds is 3. The second kappa shape index (κ2) is 5.31. The molecule has 0 aliphatic rings. The highest BCUT2D eigenvalue weighted by atomic mass is 127. The minimum atomic E-state index is -0.365. The first-order chi connectivity index (χ1) is 8.18. The molecule has 0 saturated heterocycles. The number of carbonyl (C=O) groups excluding carboxylic acids is 1. The number of carbonyl (C=O) groups is 1. The number of aromatic nitrogens is 1. The van der Waals surface area contributed by atoms with E-state index in [0.717, 1.165) is 9.26 Å². The third-order valence-corrected chi connectivity index (χ3v) is 3.58. The molecule has 0 fully saturated rings. The molecule has 88 valence electrons. The number of halogens is 1. The molecule has 2 aromatic rings. The van der Waals surface area contributed by atoms with Crippen molar-refractivity contribution in [1.82, 2.24) is 5.16 Å². The maximum absolute atomic E-state index is 11.6. The van der Waals surface area contributed by atoms with Gasteiger partial charge in [-0.1, -0.05) is 23.4 Å². The predicted molar refractivity (Wildman–Crippen MR) is 69.5 cm³/mol. The van der Waals surface area contributed by atoms with Gasteiger partial charge in [-0.3, -0.25) is 0 Å². The quantitative estimate of drug-likeness (QED) is 0.635. The molecule has 0 amide bonds. The van der Waals surface area contributed by atoms with Crippen molar-refractivity contribution in [3.63, 3.8) is 0 Å². The number of ether oxygens (including phenoxy) is 1. The van der Waals surface area contributed by atoms with Crippen LogP contribution in [0.15, 0.2) is 34.9 Å². The van der Waals surface area contributed by atoms with E-state index in [1.54, 1.807) is 24.3 Å². The second-order valence-corrected chi connectivity index (χ2v) is 4.53. The van der Waals surface area contributed by atoms with Crippen LogP contribution in [0.1, 0.15) is 21.8 Å². The molecule has 4 nitrogen and oxygen atoms in total. The Hall–Kier alpha value is -1.37. The lowest BCUT2D eigenvalue weighted by Gasteiger charge is -2.02. The van der Waals surface area contributed by atoms with Crippen LogP contribution in [0.3, 0.4) is 0 Å². The Bertz CT molecular complexity index is 522. The molecule has 5 heteroatoms. The summed E-state index contributed by atoms with van der Waals surface area (Å²) in [5.74, 6) is 0.211. The van der Waals surface area contributed by atoms with Gasteiger partial charge in [-0.2, -0.15) is 0 Å². The molecule has 0 spiro atoms. The van der Waals surface area contributed by atoms with Crippen LogP contribution in [0.2, 0.25) is 0 Å². The first kappa shape index (κ1) is 12.1. The number of hydrogen-bond acceptors (Lipinski definition) is 4. The Kier molecular flexibility index (Phi) is 3.78. The number of hydrogen-bond donors (Lipinski definition) is 0. The molecule has 0 bridgehead atoms. The van der Waals surface area contributed by atoms with Crippen LogP contribution < -0.4 is 0 Å². The van der Waals surface area contributed by atoms with Gasteiger partial charge >= 0.3 is 5.97 Å². The predicted octanol–water partition coefficient (Wildman–Crippen LogP) is 2.94. The highest BCUT2D eigenvalue weighted by Gasteiger charge is 2.13. The first-order valence-electron chi connectivity index (χ1n) is 5.01. The molecule has 0 atom stereocenters. The van der Waals surface area contributed by atoms with Crippen LogP contribution in [0.25, 0.3) is 0 Å². The molecule has 0 saturated carbocycles. The summed E-state index contributed by atoms with van der Waals surface area (Å²) in [6.07, 6.45) is 0. The van der Waals surface area contributed by atoms with E-state index < -0.39 is 0 Å². The van der Waals surface area contributed by atoms with E-state index in [9.17, 15) is 4.79 Å². The molecule has 0 radical (unpaired) electrons. The normalized spacial score (nSPS) is 10.2. The van der Waals surface area contributed by atoms with Gasteiger partial charge in [-0.25, -0.2) is 4.79 Å². The van der Waals surface area contributed by atoms with Crippen molar-refractivity contribution in [2.24, 2.45) is 0 Å². The Labute approximate surface area is 112 Å². The maximum Gasteiger partial charge on any atom is 0.338 e. The smallest absolute Gasteiger partial charge is 0.338 e.